The van der Waals surface area contributed by atoms with Gasteiger partial charge in [0.25, 0.3) is 0 Å². The lowest BCUT2D eigenvalue weighted by molar-refractivity contribution is -0.225. The van der Waals surface area contributed by atoms with Crippen LogP contribution in [0.2, 0.25) is 5.15 Å². The molecular formula is C16H14BClF3N3O4. The van der Waals surface area contributed by atoms with Gasteiger partial charge in [-0.3, -0.25) is 0 Å². The molecule has 7 nitrogen and oxygen atoms in total. The molecule has 2 aromatic rings. The molecule has 2 radical (unpaired) electrons. The second-order valence-electron chi connectivity index (χ2n) is 6.51. The van der Waals surface area contributed by atoms with Crippen LogP contribution in [0.25, 0.3) is 5.82 Å². The van der Waals surface area contributed by atoms with Gasteiger partial charge in [0.1, 0.15) is 13.0 Å². The van der Waals surface area contributed by atoms with E-state index in [1.165, 1.54) is 29.1 Å². The van der Waals surface area contributed by atoms with Crippen LogP contribution in [0.5, 0.6) is 5.88 Å². The first-order valence-corrected chi connectivity index (χ1v) is 8.51. The molecule has 1 aliphatic rings. The number of aromatic carboxylic acids is 1. The average Bonchev–Trinajstić information content (AvgIpc) is 3.30. The highest BCUT2D eigenvalue weighted by Gasteiger charge is 2.71. The van der Waals surface area contributed by atoms with Gasteiger partial charge < -0.3 is 14.9 Å². The first-order valence-electron chi connectivity index (χ1n) is 8.13. The van der Waals surface area contributed by atoms with Crippen molar-refractivity contribution >= 4 is 25.4 Å². The Morgan fingerprint density at radius 2 is 2.04 bits per heavy atom. The lowest BCUT2D eigenvalue weighted by Crippen LogP contribution is -2.49. The zero-order chi connectivity index (χ0) is 20.7. The Morgan fingerprint density at radius 1 is 1.36 bits per heavy atom. The minimum absolute atomic E-state index is 0.0629. The first kappa shape index (κ1) is 20.5. The monoisotopic (exact) mass is 415 g/mol. The van der Waals surface area contributed by atoms with Crippen molar-refractivity contribution in [2.75, 3.05) is 6.61 Å². The number of halogens is 4. The Balaban J connectivity index is 1.63. The number of rotatable bonds is 7. The van der Waals surface area contributed by atoms with Gasteiger partial charge in [0.15, 0.2) is 5.82 Å². The van der Waals surface area contributed by atoms with Crippen molar-refractivity contribution in [3.63, 3.8) is 0 Å². The number of aliphatic hydroxyl groups is 1. The second-order valence-corrected chi connectivity index (χ2v) is 6.87. The average molecular weight is 416 g/mol. The summed E-state index contributed by atoms with van der Waals surface area (Å²) in [4.78, 5) is 14.9. The Kier molecular flexibility index (Phi) is 5.09. The van der Waals surface area contributed by atoms with E-state index in [1.54, 1.807) is 0 Å². The molecule has 12 heteroatoms. The van der Waals surface area contributed by atoms with E-state index in [0.717, 1.165) is 0 Å². The summed E-state index contributed by atoms with van der Waals surface area (Å²) >= 11 is 5.80. The minimum Gasteiger partial charge on any atom is -0.478 e. The van der Waals surface area contributed by atoms with Gasteiger partial charge in [-0.1, -0.05) is 11.6 Å². The zero-order valence-electron chi connectivity index (χ0n) is 14.3. The number of alkyl halides is 3. The normalized spacial score (nSPS) is 17.8. The molecule has 0 bridgehead atoms. The third-order valence-electron chi connectivity index (χ3n) is 4.72. The number of carboxylic acids is 1. The molecule has 0 aromatic carbocycles. The van der Waals surface area contributed by atoms with Crippen molar-refractivity contribution in [3.05, 3.63) is 35.1 Å². The van der Waals surface area contributed by atoms with Gasteiger partial charge in [0, 0.05) is 24.2 Å². The Hall–Kier alpha value is -2.27. The van der Waals surface area contributed by atoms with Crippen LogP contribution in [0.15, 0.2) is 24.4 Å². The molecule has 0 spiro atoms. The highest BCUT2D eigenvalue weighted by atomic mass is 35.5. The SMILES string of the molecule is [B]C(O)(CCOc1ccn(-c2ccc(C(=O)O)c(Cl)n2)n1)C1(C(F)(F)F)CC1. The second kappa shape index (κ2) is 6.96. The molecule has 2 N–H and O–H groups in total. The van der Waals surface area contributed by atoms with Crippen molar-refractivity contribution in [1.29, 1.82) is 0 Å². The van der Waals surface area contributed by atoms with Gasteiger partial charge in [0.2, 0.25) is 5.88 Å². The molecule has 0 aliphatic heterocycles. The van der Waals surface area contributed by atoms with Gasteiger partial charge in [-0.2, -0.15) is 13.2 Å². The molecule has 2 heterocycles. The summed E-state index contributed by atoms with van der Waals surface area (Å²) in [6.45, 7) is -0.284. The summed E-state index contributed by atoms with van der Waals surface area (Å²) < 4.78 is 45.8. The lowest BCUT2D eigenvalue weighted by atomic mass is 9.66. The quantitative estimate of drug-likeness (QED) is 0.533. The predicted molar refractivity (Wildman–Crippen MR) is 91.9 cm³/mol. The number of ether oxygens (including phenoxy) is 1. The van der Waals surface area contributed by atoms with E-state index >= 15 is 0 Å². The summed E-state index contributed by atoms with van der Waals surface area (Å²) in [5.41, 5.74) is -4.90. The van der Waals surface area contributed by atoms with Crippen molar-refractivity contribution in [2.24, 2.45) is 5.41 Å². The minimum atomic E-state index is -4.59. The predicted octanol–water partition coefficient (Wildman–Crippen LogP) is 2.59. The largest absolute Gasteiger partial charge is 0.478 e. The maximum Gasteiger partial charge on any atom is 0.396 e. The van der Waals surface area contributed by atoms with Gasteiger partial charge in [-0.25, -0.2) is 14.5 Å². The van der Waals surface area contributed by atoms with Gasteiger partial charge >= 0.3 is 12.1 Å². The number of aromatic nitrogens is 3. The fraction of sp³-hybridized carbons (Fsp3) is 0.438. The topological polar surface area (TPSA) is 97.5 Å². The van der Waals surface area contributed by atoms with Gasteiger partial charge in [0.05, 0.1) is 17.6 Å². The maximum absolute atomic E-state index is 13.1. The van der Waals surface area contributed by atoms with Crippen LogP contribution in [0, 0.1) is 5.41 Å². The molecule has 1 fully saturated rings. The number of hydrogen-bond acceptors (Lipinski definition) is 5. The van der Waals surface area contributed by atoms with Crippen molar-refractivity contribution in [3.8, 4) is 11.7 Å². The molecule has 3 rings (SSSR count). The van der Waals surface area contributed by atoms with E-state index in [1.807, 2.05) is 0 Å². The first-order chi connectivity index (χ1) is 13.0. The number of nitrogens with zero attached hydrogens (tertiary/aromatic N) is 3. The smallest absolute Gasteiger partial charge is 0.396 e. The van der Waals surface area contributed by atoms with E-state index in [2.05, 4.69) is 10.1 Å². The molecule has 1 saturated carbocycles. The van der Waals surface area contributed by atoms with E-state index in [9.17, 15) is 23.1 Å². The third-order valence-corrected chi connectivity index (χ3v) is 5.01. The van der Waals surface area contributed by atoms with E-state index in [-0.39, 0.29) is 41.9 Å². The van der Waals surface area contributed by atoms with Crippen molar-refractivity contribution in [1.82, 2.24) is 14.8 Å². The molecule has 28 heavy (non-hydrogen) atoms. The standard InChI is InChI=1S/C16H14BClF3N3O4/c17-15(27,14(4-5-14)16(19,20)21)6-8-28-11-3-7-24(23-11)10-2-1-9(13(25)26)12(18)22-10/h1-3,7,27H,4-6,8H2,(H,25,26). The fourth-order valence-electron chi connectivity index (χ4n) is 2.86. The summed E-state index contributed by atoms with van der Waals surface area (Å²) in [7, 11) is 5.52. The molecule has 0 amide bonds. The summed E-state index contributed by atoms with van der Waals surface area (Å²) in [5.74, 6) is -0.947. The van der Waals surface area contributed by atoms with Crippen LogP contribution in [-0.2, 0) is 0 Å². The Morgan fingerprint density at radius 3 is 2.57 bits per heavy atom. The maximum atomic E-state index is 13.1. The van der Waals surface area contributed by atoms with Crippen LogP contribution in [0.4, 0.5) is 13.2 Å². The molecule has 0 saturated heterocycles. The highest BCUT2D eigenvalue weighted by Crippen LogP contribution is 2.63. The van der Waals surface area contributed by atoms with Crippen LogP contribution in [0.1, 0.15) is 29.6 Å². The molecule has 1 unspecified atom stereocenters. The van der Waals surface area contributed by atoms with Crippen LogP contribution in [-0.4, -0.2) is 57.1 Å². The van der Waals surface area contributed by atoms with Crippen LogP contribution >= 0.6 is 11.6 Å². The van der Waals surface area contributed by atoms with Gasteiger partial charge in [-0.15, -0.1) is 5.10 Å². The lowest BCUT2D eigenvalue weighted by Gasteiger charge is -2.35. The molecule has 1 atom stereocenters. The molecular weight excluding hydrogens is 401 g/mol. The van der Waals surface area contributed by atoms with Crippen LogP contribution in [0.3, 0.4) is 0 Å². The molecule has 1 aliphatic carbocycles. The number of pyridine rings is 1. The van der Waals surface area contributed by atoms with Crippen LogP contribution < -0.4 is 4.74 Å². The molecule has 2 aromatic heterocycles. The van der Waals surface area contributed by atoms with E-state index < -0.39 is 29.5 Å². The third kappa shape index (κ3) is 3.68. The summed E-state index contributed by atoms with van der Waals surface area (Å²) in [6, 6.07) is 4.06. The Bertz CT molecular complexity index is 899. The fourth-order valence-corrected chi connectivity index (χ4v) is 3.09. The van der Waals surface area contributed by atoms with Gasteiger partial charge in [-0.05, 0) is 25.0 Å². The zero-order valence-corrected chi connectivity index (χ0v) is 15.0. The van der Waals surface area contributed by atoms with E-state index in [4.69, 9.17) is 29.3 Å². The number of carbonyl (C=O) groups is 1. The molecule has 148 valence electrons. The Labute approximate surface area is 163 Å². The van der Waals surface area contributed by atoms with E-state index in [0.29, 0.717) is 0 Å². The summed E-state index contributed by atoms with van der Waals surface area (Å²) in [5, 5.41) is 22.8. The highest BCUT2D eigenvalue weighted by molar-refractivity contribution is 6.32. The summed E-state index contributed by atoms with van der Waals surface area (Å²) in [6.07, 6.45) is -4.03. The van der Waals surface area contributed by atoms with Crippen molar-refractivity contribution < 1.29 is 32.9 Å². The van der Waals surface area contributed by atoms with Crippen molar-refractivity contribution in [2.45, 2.75) is 30.9 Å². The number of hydrogen-bond donors (Lipinski definition) is 2. The number of carboxylic acid groups (broad SMARTS) is 1.